The molecule has 20 heavy (non-hydrogen) atoms. The minimum Gasteiger partial charge on any atom is -0.493 e. The van der Waals surface area contributed by atoms with Crippen molar-refractivity contribution in [3.63, 3.8) is 0 Å². The molecule has 1 saturated carbocycles. The standard InChI is InChI=1S/C17H27NO2/c1-4-9-17(10-11-17)13-18-12-14-7-6-8-15(20-5-2)16(14)19-3/h6-8,18H,4-5,9-13H2,1-3H3. The van der Waals surface area contributed by atoms with Crippen LogP contribution in [0.25, 0.3) is 0 Å². The molecule has 0 unspecified atom stereocenters. The van der Waals surface area contributed by atoms with E-state index in [1.807, 2.05) is 19.1 Å². The SMILES string of the molecule is CCCC1(CNCc2cccc(OCC)c2OC)CC1. The molecule has 3 nitrogen and oxygen atoms in total. The van der Waals surface area contributed by atoms with Crippen LogP contribution >= 0.6 is 0 Å². The Morgan fingerprint density at radius 2 is 2.05 bits per heavy atom. The molecule has 1 N–H and O–H groups in total. The van der Waals surface area contributed by atoms with Gasteiger partial charge in [0.2, 0.25) is 0 Å². The fourth-order valence-corrected chi connectivity index (χ4v) is 2.89. The summed E-state index contributed by atoms with van der Waals surface area (Å²) < 4.78 is 11.1. The van der Waals surface area contributed by atoms with Gasteiger partial charge in [-0.1, -0.05) is 25.5 Å². The highest BCUT2D eigenvalue weighted by Gasteiger charge is 2.40. The Balaban J connectivity index is 1.93. The molecule has 0 atom stereocenters. The van der Waals surface area contributed by atoms with Crippen molar-refractivity contribution >= 4 is 0 Å². The molecule has 2 rings (SSSR count). The van der Waals surface area contributed by atoms with Gasteiger partial charge in [-0.2, -0.15) is 0 Å². The van der Waals surface area contributed by atoms with Crippen LogP contribution in [0.2, 0.25) is 0 Å². The Morgan fingerprint density at radius 3 is 2.65 bits per heavy atom. The van der Waals surface area contributed by atoms with Crippen LogP contribution in [0, 0.1) is 5.41 Å². The van der Waals surface area contributed by atoms with E-state index < -0.39 is 0 Å². The van der Waals surface area contributed by atoms with Crippen molar-refractivity contribution in [1.82, 2.24) is 5.32 Å². The number of rotatable bonds is 9. The first-order valence-electron chi connectivity index (χ1n) is 7.74. The molecule has 0 radical (unpaired) electrons. The molecule has 112 valence electrons. The summed E-state index contributed by atoms with van der Waals surface area (Å²) in [6.45, 7) is 6.88. The molecular weight excluding hydrogens is 250 g/mol. The third-order valence-electron chi connectivity index (χ3n) is 4.12. The summed E-state index contributed by atoms with van der Waals surface area (Å²) in [6.07, 6.45) is 5.38. The molecule has 0 bridgehead atoms. The molecule has 0 saturated heterocycles. The van der Waals surface area contributed by atoms with E-state index in [1.165, 1.54) is 31.2 Å². The van der Waals surface area contributed by atoms with E-state index >= 15 is 0 Å². The van der Waals surface area contributed by atoms with Gasteiger partial charge in [-0.3, -0.25) is 0 Å². The molecule has 0 spiro atoms. The van der Waals surface area contributed by atoms with Gasteiger partial charge in [0.1, 0.15) is 0 Å². The molecule has 1 aliphatic rings. The van der Waals surface area contributed by atoms with Crippen molar-refractivity contribution in [3.8, 4) is 11.5 Å². The van der Waals surface area contributed by atoms with Crippen molar-refractivity contribution in [2.24, 2.45) is 5.41 Å². The normalized spacial score (nSPS) is 15.9. The third kappa shape index (κ3) is 3.66. The lowest BCUT2D eigenvalue weighted by Gasteiger charge is -2.17. The van der Waals surface area contributed by atoms with E-state index in [2.05, 4.69) is 18.3 Å². The zero-order valence-corrected chi connectivity index (χ0v) is 13.0. The predicted octanol–water partition coefficient (Wildman–Crippen LogP) is 3.76. The largest absolute Gasteiger partial charge is 0.493 e. The van der Waals surface area contributed by atoms with Crippen LogP contribution in [0.15, 0.2) is 18.2 Å². The summed E-state index contributed by atoms with van der Waals surface area (Å²) in [5.41, 5.74) is 1.75. The zero-order chi connectivity index (χ0) is 14.4. The van der Waals surface area contributed by atoms with Crippen LogP contribution in [0.1, 0.15) is 45.1 Å². The zero-order valence-electron chi connectivity index (χ0n) is 13.0. The van der Waals surface area contributed by atoms with Crippen molar-refractivity contribution in [2.75, 3.05) is 20.3 Å². The third-order valence-corrected chi connectivity index (χ3v) is 4.12. The van der Waals surface area contributed by atoms with Crippen molar-refractivity contribution in [2.45, 2.75) is 46.1 Å². The van der Waals surface area contributed by atoms with E-state index in [0.29, 0.717) is 12.0 Å². The quantitative estimate of drug-likeness (QED) is 0.745. The fraction of sp³-hybridized carbons (Fsp3) is 0.647. The molecule has 1 aliphatic carbocycles. The Labute approximate surface area is 122 Å². The topological polar surface area (TPSA) is 30.5 Å². The number of hydrogen-bond acceptors (Lipinski definition) is 3. The molecule has 1 aromatic carbocycles. The second kappa shape index (κ2) is 6.98. The van der Waals surface area contributed by atoms with Gasteiger partial charge in [0.15, 0.2) is 11.5 Å². The lowest BCUT2D eigenvalue weighted by molar-refractivity contribution is 0.308. The van der Waals surface area contributed by atoms with Crippen LogP contribution in [-0.2, 0) is 6.54 Å². The highest BCUT2D eigenvalue weighted by atomic mass is 16.5. The van der Waals surface area contributed by atoms with Gasteiger partial charge < -0.3 is 14.8 Å². The Bertz CT molecular complexity index is 427. The van der Waals surface area contributed by atoms with Gasteiger partial charge in [0.25, 0.3) is 0 Å². The second-order valence-electron chi connectivity index (χ2n) is 5.74. The number of nitrogens with one attached hydrogen (secondary N) is 1. The monoisotopic (exact) mass is 277 g/mol. The number of hydrogen-bond donors (Lipinski definition) is 1. The van der Waals surface area contributed by atoms with Crippen LogP contribution in [0.5, 0.6) is 11.5 Å². The van der Waals surface area contributed by atoms with E-state index in [0.717, 1.165) is 24.6 Å². The lowest BCUT2D eigenvalue weighted by Crippen LogP contribution is -2.23. The van der Waals surface area contributed by atoms with E-state index in [9.17, 15) is 0 Å². The summed E-state index contributed by atoms with van der Waals surface area (Å²) in [5.74, 6) is 1.70. The maximum Gasteiger partial charge on any atom is 0.165 e. The van der Waals surface area contributed by atoms with Gasteiger partial charge in [0, 0.05) is 18.7 Å². The Kier molecular flexibility index (Phi) is 5.30. The van der Waals surface area contributed by atoms with Crippen LogP contribution in [-0.4, -0.2) is 20.3 Å². The summed E-state index contributed by atoms with van der Waals surface area (Å²) >= 11 is 0. The predicted molar refractivity (Wildman–Crippen MR) is 82.4 cm³/mol. The summed E-state index contributed by atoms with van der Waals surface area (Å²) in [6, 6.07) is 6.10. The highest BCUT2D eigenvalue weighted by Crippen LogP contribution is 2.49. The molecule has 0 aromatic heterocycles. The summed E-state index contributed by atoms with van der Waals surface area (Å²) in [7, 11) is 1.71. The Hall–Kier alpha value is -1.22. The summed E-state index contributed by atoms with van der Waals surface area (Å²) in [5, 5.41) is 3.60. The average molecular weight is 277 g/mol. The number of benzene rings is 1. The minimum absolute atomic E-state index is 0.583. The van der Waals surface area contributed by atoms with Gasteiger partial charge in [-0.15, -0.1) is 0 Å². The van der Waals surface area contributed by atoms with Crippen LogP contribution in [0.3, 0.4) is 0 Å². The first kappa shape index (κ1) is 15.2. The number of para-hydroxylation sites is 1. The smallest absolute Gasteiger partial charge is 0.165 e. The van der Waals surface area contributed by atoms with Crippen molar-refractivity contribution in [3.05, 3.63) is 23.8 Å². The van der Waals surface area contributed by atoms with E-state index in [4.69, 9.17) is 9.47 Å². The average Bonchev–Trinajstić information content (AvgIpc) is 3.20. The fourth-order valence-electron chi connectivity index (χ4n) is 2.89. The number of methoxy groups -OCH3 is 1. The first-order valence-corrected chi connectivity index (χ1v) is 7.74. The molecule has 3 heteroatoms. The van der Waals surface area contributed by atoms with Gasteiger partial charge >= 0.3 is 0 Å². The first-order chi connectivity index (χ1) is 9.74. The maximum absolute atomic E-state index is 5.61. The van der Waals surface area contributed by atoms with Crippen LogP contribution < -0.4 is 14.8 Å². The second-order valence-corrected chi connectivity index (χ2v) is 5.74. The maximum atomic E-state index is 5.61. The Morgan fingerprint density at radius 1 is 1.25 bits per heavy atom. The molecule has 0 heterocycles. The minimum atomic E-state index is 0.583. The molecule has 0 amide bonds. The molecule has 1 fully saturated rings. The van der Waals surface area contributed by atoms with Gasteiger partial charge in [-0.05, 0) is 37.7 Å². The highest BCUT2D eigenvalue weighted by molar-refractivity contribution is 5.46. The van der Waals surface area contributed by atoms with E-state index in [1.54, 1.807) is 7.11 Å². The van der Waals surface area contributed by atoms with E-state index in [-0.39, 0.29) is 0 Å². The van der Waals surface area contributed by atoms with Crippen molar-refractivity contribution < 1.29 is 9.47 Å². The molecule has 0 aliphatic heterocycles. The molecule has 1 aromatic rings. The van der Waals surface area contributed by atoms with Crippen molar-refractivity contribution in [1.29, 1.82) is 0 Å². The molecular formula is C17H27NO2. The lowest BCUT2D eigenvalue weighted by atomic mass is 10.0. The van der Waals surface area contributed by atoms with Gasteiger partial charge in [-0.25, -0.2) is 0 Å². The van der Waals surface area contributed by atoms with Gasteiger partial charge in [0.05, 0.1) is 13.7 Å². The van der Waals surface area contributed by atoms with Crippen LogP contribution in [0.4, 0.5) is 0 Å². The number of ether oxygens (including phenoxy) is 2. The summed E-state index contributed by atoms with van der Waals surface area (Å²) in [4.78, 5) is 0.